The zero-order valence-electron chi connectivity index (χ0n) is 22.6. The Kier molecular flexibility index (Phi) is 6.66. The van der Waals surface area contributed by atoms with E-state index < -0.39 is 0 Å². The summed E-state index contributed by atoms with van der Waals surface area (Å²) in [5.41, 5.74) is 3.62. The van der Waals surface area contributed by atoms with Crippen LogP contribution in [0.3, 0.4) is 0 Å². The van der Waals surface area contributed by atoms with E-state index in [1.165, 1.54) is 16.8 Å². The zero-order valence-corrected chi connectivity index (χ0v) is 23.5. The predicted molar refractivity (Wildman–Crippen MR) is 152 cm³/mol. The maximum absolute atomic E-state index is 13.5. The first-order valence-corrected chi connectivity index (χ1v) is 14.4. The van der Waals surface area contributed by atoms with Crippen molar-refractivity contribution in [2.45, 2.75) is 51.1 Å². The zero-order chi connectivity index (χ0) is 27.1. The quantitative estimate of drug-likeness (QED) is 0.517. The SMILES string of the molecule is COc1ccc2c(c1)CCN(C1CCN(c3cc(C(=O)N4Cc5sccc5C(C)(C)C4)ncn3)CC1)C(=O)N2. The fourth-order valence-corrected chi connectivity index (χ4v) is 7.18. The van der Waals surface area contributed by atoms with Crippen molar-refractivity contribution in [3.8, 4) is 5.75 Å². The summed E-state index contributed by atoms with van der Waals surface area (Å²) in [6.45, 7) is 7.84. The highest BCUT2D eigenvalue weighted by Crippen LogP contribution is 2.37. The van der Waals surface area contributed by atoms with E-state index in [4.69, 9.17) is 4.74 Å². The van der Waals surface area contributed by atoms with Gasteiger partial charge in [0, 0.05) is 54.3 Å². The van der Waals surface area contributed by atoms with Crippen LogP contribution in [-0.2, 0) is 18.4 Å². The third kappa shape index (κ3) is 4.93. The molecule has 1 fully saturated rings. The molecule has 5 heterocycles. The molecule has 6 rings (SSSR count). The van der Waals surface area contributed by atoms with Gasteiger partial charge in [-0.05, 0) is 60.0 Å². The first-order valence-electron chi connectivity index (χ1n) is 13.5. The number of hydrogen-bond donors (Lipinski definition) is 1. The van der Waals surface area contributed by atoms with Gasteiger partial charge in [0.2, 0.25) is 0 Å². The van der Waals surface area contributed by atoms with Crippen LogP contribution in [0, 0.1) is 0 Å². The Balaban J connectivity index is 1.10. The molecule has 3 amide bonds. The van der Waals surface area contributed by atoms with Crippen LogP contribution >= 0.6 is 11.3 Å². The summed E-state index contributed by atoms with van der Waals surface area (Å²) in [6, 6.07) is 9.89. The van der Waals surface area contributed by atoms with E-state index in [-0.39, 0.29) is 23.4 Å². The first kappa shape index (κ1) is 25.6. The van der Waals surface area contributed by atoms with E-state index in [0.29, 0.717) is 25.3 Å². The number of nitrogens with one attached hydrogen (secondary N) is 1. The molecule has 10 heteroatoms. The average Bonchev–Trinajstić information content (AvgIpc) is 3.37. The number of ether oxygens (including phenoxy) is 1. The van der Waals surface area contributed by atoms with E-state index in [0.717, 1.165) is 55.2 Å². The summed E-state index contributed by atoms with van der Waals surface area (Å²) in [7, 11) is 1.65. The smallest absolute Gasteiger partial charge is 0.322 e. The molecule has 2 aromatic heterocycles. The van der Waals surface area contributed by atoms with Crippen molar-refractivity contribution in [1.29, 1.82) is 0 Å². The number of carbonyl (C=O) groups excluding carboxylic acids is 2. The second-order valence-electron chi connectivity index (χ2n) is 11.2. The Bertz CT molecular complexity index is 1400. The van der Waals surface area contributed by atoms with Crippen molar-refractivity contribution in [3.63, 3.8) is 0 Å². The molecule has 3 aliphatic rings. The van der Waals surface area contributed by atoms with Gasteiger partial charge in [-0.25, -0.2) is 14.8 Å². The second kappa shape index (κ2) is 10.1. The van der Waals surface area contributed by atoms with E-state index in [9.17, 15) is 9.59 Å². The number of benzene rings is 1. The van der Waals surface area contributed by atoms with Crippen LogP contribution in [0.5, 0.6) is 5.75 Å². The van der Waals surface area contributed by atoms with Gasteiger partial charge < -0.3 is 24.8 Å². The summed E-state index contributed by atoms with van der Waals surface area (Å²) in [4.78, 5) is 42.7. The number of thiophene rings is 1. The van der Waals surface area contributed by atoms with Crippen LogP contribution < -0.4 is 15.0 Å². The Hall–Kier alpha value is -3.66. The van der Waals surface area contributed by atoms with Gasteiger partial charge in [0.15, 0.2) is 0 Å². The van der Waals surface area contributed by atoms with Gasteiger partial charge >= 0.3 is 6.03 Å². The van der Waals surface area contributed by atoms with Crippen molar-refractivity contribution in [1.82, 2.24) is 19.8 Å². The van der Waals surface area contributed by atoms with E-state index in [2.05, 4.69) is 45.5 Å². The fourth-order valence-electron chi connectivity index (χ4n) is 6.11. The minimum atomic E-state index is -0.0892. The van der Waals surface area contributed by atoms with Gasteiger partial charge in [0.05, 0.1) is 13.7 Å². The lowest BCUT2D eigenvalue weighted by atomic mass is 9.82. The lowest BCUT2D eigenvalue weighted by Crippen LogP contribution is -2.49. The van der Waals surface area contributed by atoms with Gasteiger partial charge in [-0.15, -0.1) is 11.3 Å². The summed E-state index contributed by atoms with van der Waals surface area (Å²) in [5.74, 6) is 1.51. The molecule has 39 heavy (non-hydrogen) atoms. The fraction of sp³-hybridized carbons (Fsp3) is 0.448. The van der Waals surface area contributed by atoms with Gasteiger partial charge in [-0.2, -0.15) is 0 Å². The van der Waals surface area contributed by atoms with E-state index in [1.54, 1.807) is 18.4 Å². The lowest BCUT2D eigenvalue weighted by molar-refractivity contribution is 0.0683. The molecule has 1 aromatic carbocycles. The molecule has 0 bridgehead atoms. The second-order valence-corrected chi connectivity index (χ2v) is 12.2. The Morgan fingerprint density at radius 1 is 1.13 bits per heavy atom. The van der Waals surface area contributed by atoms with E-state index >= 15 is 0 Å². The molecule has 0 atom stereocenters. The molecule has 204 valence electrons. The van der Waals surface area contributed by atoms with Crippen LogP contribution in [0.4, 0.5) is 16.3 Å². The molecular formula is C29H34N6O3S. The average molecular weight is 547 g/mol. The number of amides is 3. The van der Waals surface area contributed by atoms with Crippen molar-refractivity contribution >= 4 is 34.8 Å². The van der Waals surface area contributed by atoms with Gasteiger partial charge in [-0.3, -0.25) is 4.79 Å². The van der Waals surface area contributed by atoms with Crippen LogP contribution in [0.1, 0.15) is 53.2 Å². The number of hydrogen-bond acceptors (Lipinski definition) is 7. The van der Waals surface area contributed by atoms with Crippen molar-refractivity contribution in [3.05, 3.63) is 63.7 Å². The maximum atomic E-state index is 13.5. The highest BCUT2D eigenvalue weighted by molar-refractivity contribution is 7.10. The lowest BCUT2D eigenvalue weighted by Gasteiger charge is -2.39. The summed E-state index contributed by atoms with van der Waals surface area (Å²) < 4.78 is 5.36. The summed E-state index contributed by atoms with van der Waals surface area (Å²) in [5, 5.41) is 5.19. The van der Waals surface area contributed by atoms with Gasteiger partial charge in [0.25, 0.3) is 5.91 Å². The van der Waals surface area contributed by atoms with Crippen molar-refractivity contribution in [2.24, 2.45) is 0 Å². The van der Waals surface area contributed by atoms with Crippen LogP contribution in [-0.4, -0.2) is 71.0 Å². The number of rotatable bonds is 4. The number of fused-ring (bicyclic) bond motifs is 2. The minimum Gasteiger partial charge on any atom is -0.497 e. The Morgan fingerprint density at radius 2 is 1.95 bits per heavy atom. The molecule has 0 unspecified atom stereocenters. The Morgan fingerprint density at radius 3 is 2.74 bits per heavy atom. The molecule has 0 spiro atoms. The summed E-state index contributed by atoms with van der Waals surface area (Å²) >= 11 is 1.71. The number of anilines is 2. The topological polar surface area (TPSA) is 90.9 Å². The third-order valence-corrected chi connectivity index (χ3v) is 9.13. The highest BCUT2D eigenvalue weighted by atomic mass is 32.1. The van der Waals surface area contributed by atoms with Crippen LogP contribution in [0.25, 0.3) is 0 Å². The Labute approximate surface area is 232 Å². The van der Waals surface area contributed by atoms with Crippen molar-refractivity contribution in [2.75, 3.05) is 43.5 Å². The summed E-state index contributed by atoms with van der Waals surface area (Å²) in [6.07, 6.45) is 3.95. The molecule has 1 N–H and O–H groups in total. The molecule has 3 aromatic rings. The van der Waals surface area contributed by atoms with Gasteiger partial charge in [0.1, 0.15) is 23.6 Å². The number of urea groups is 1. The molecule has 0 saturated carbocycles. The first-order chi connectivity index (χ1) is 18.8. The molecule has 9 nitrogen and oxygen atoms in total. The monoisotopic (exact) mass is 546 g/mol. The third-order valence-electron chi connectivity index (χ3n) is 8.22. The number of aromatic nitrogens is 2. The number of methoxy groups -OCH3 is 1. The van der Waals surface area contributed by atoms with Crippen molar-refractivity contribution < 1.29 is 14.3 Å². The number of piperidine rings is 1. The molecule has 1 saturated heterocycles. The van der Waals surface area contributed by atoms with Crippen LogP contribution in [0.2, 0.25) is 0 Å². The standard InChI is InChI=1S/C29H34N6O3S/c1-29(2)17-34(16-25-22(29)9-13-39-25)27(36)24-15-26(31-18-30-24)33-10-7-20(8-11-33)35-12-6-19-14-21(38-3)4-5-23(19)32-28(35)37/h4-5,9,13-15,18,20H,6-8,10-12,16-17H2,1-3H3,(H,32,37). The largest absolute Gasteiger partial charge is 0.497 e. The molecule has 3 aliphatic heterocycles. The number of nitrogens with zero attached hydrogens (tertiary/aromatic N) is 5. The minimum absolute atomic E-state index is 0.0503. The normalized spacial score (nSPS) is 19.2. The maximum Gasteiger partial charge on any atom is 0.322 e. The van der Waals surface area contributed by atoms with Gasteiger partial charge in [-0.1, -0.05) is 13.8 Å². The molecule has 0 aliphatic carbocycles. The van der Waals surface area contributed by atoms with Crippen LogP contribution in [0.15, 0.2) is 42.0 Å². The number of carbonyl (C=O) groups is 2. The molecule has 0 radical (unpaired) electrons. The predicted octanol–water partition coefficient (Wildman–Crippen LogP) is 4.54. The highest BCUT2D eigenvalue weighted by Gasteiger charge is 2.36. The van der Waals surface area contributed by atoms with E-state index in [1.807, 2.05) is 34.1 Å². The molecular weight excluding hydrogens is 512 g/mol.